The van der Waals surface area contributed by atoms with Crippen molar-refractivity contribution in [2.75, 3.05) is 0 Å². The number of halogens is 1. The molecule has 0 unspecified atom stereocenters. The third-order valence-electron chi connectivity index (χ3n) is 1.76. The van der Waals surface area contributed by atoms with Gasteiger partial charge in [0.2, 0.25) is 0 Å². The Morgan fingerprint density at radius 3 is 2.21 bits per heavy atom. The van der Waals surface area contributed by atoms with E-state index in [2.05, 4.69) is 30.3 Å². The molecule has 0 radical (unpaired) electrons. The molecule has 0 aliphatic rings. The summed E-state index contributed by atoms with van der Waals surface area (Å²) in [5.41, 5.74) is 0. The Hall–Kier alpha value is -1.03. The summed E-state index contributed by atoms with van der Waals surface area (Å²) >= 11 is -0.148. The topological polar surface area (TPSA) is 20.2 Å². The van der Waals surface area contributed by atoms with Gasteiger partial charge >= 0.3 is 93.8 Å². The molecule has 2 rings (SSSR count). The molecule has 0 saturated carbocycles. The van der Waals surface area contributed by atoms with Gasteiger partial charge in [0, 0.05) is 0 Å². The van der Waals surface area contributed by atoms with E-state index >= 15 is 0 Å². The van der Waals surface area contributed by atoms with Gasteiger partial charge in [-0.1, -0.05) is 0 Å². The zero-order valence-corrected chi connectivity index (χ0v) is 9.68. The number of phenols is 1. The Kier molecular flexibility index (Phi) is 3.03. The average Bonchev–Trinajstić information content (AvgIpc) is 2.19. The first-order chi connectivity index (χ1) is 6.84. The van der Waals surface area contributed by atoms with Gasteiger partial charge < -0.3 is 0 Å². The van der Waals surface area contributed by atoms with Crippen LogP contribution in [0.2, 0.25) is 0 Å². The van der Waals surface area contributed by atoms with Crippen LogP contribution in [0.25, 0.3) is 0 Å². The fraction of sp³-hybridized carbons (Fsp3) is 0. The standard InChI is InChI=1S/C12H10IO/c14-12-8-4-7-11(9-12)13-10-5-2-1-3-6-10/h1-9,14H/q-1. The summed E-state index contributed by atoms with van der Waals surface area (Å²) in [6.45, 7) is 0. The van der Waals surface area contributed by atoms with E-state index in [1.54, 1.807) is 6.07 Å². The normalized spacial score (nSPS) is 10.3. The number of hydrogen-bond donors (Lipinski definition) is 1. The molecule has 72 valence electrons. The van der Waals surface area contributed by atoms with E-state index in [1.807, 2.05) is 18.2 Å². The molecular formula is C12H10IO-. The molecule has 0 aromatic heterocycles. The van der Waals surface area contributed by atoms with Crippen LogP contribution in [0.4, 0.5) is 0 Å². The summed E-state index contributed by atoms with van der Waals surface area (Å²) in [4.78, 5) is 0. The van der Waals surface area contributed by atoms with Crippen LogP contribution in [0.1, 0.15) is 0 Å². The van der Waals surface area contributed by atoms with E-state index < -0.39 is 0 Å². The molecule has 0 fully saturated rings. The van der Waals surface area contributed by atoms with Crippen molar-refractivity contribution in [1.29, 1.82) is 0 Å². The van der Waals surface area contributed by atoms with Crippen molar-refractivity contribution in [3.8, 4) is 5.75 Å². The number of aromatic hydroxyl groups is 1. The fourth-order valence-electron chi connectivity index (χ4n) is 1.14. The van der Waals surface area contributed by atoms with Crippen molar-refractivity contribution in [3.05, 3.63) is 61.7 Å². The minimum absolute atomic E-state index is 0.148. The third-order valence-corrected chi connectivity index (χ3v) is 4.40. The van der Waals surface area contributed by atoms with Crippen molar-refractivity contribution in [1.82, 2.24) is 0 Å². The molecule has 0 atom stereocenters. The molecule has 0 saturated heterocycles. The second-order valence-electron chi connectivity index (χ2n) is 2.87. The van der Waals surface area contributed by atoms with E-state index in [9.17, 15) is 5.11 Å². The predicted molar refractivity (Wildman–Crippen MR) is 51.9 cm³/mol. The van der Waals surface area contributed by atoms with Crippen LogP contribution in [-0.2, 0) is 0 Å². The summed E-state index contributed by atoms with van der Waals surface area (Å²) in [5, 5.41) is 9.31. The molecule has 2 aromatic carbocycles. The summed E-state index contributed by atoms with van der Waals surface area (Å²) in [6.07, 6.45) is 0. The molecule has 0 amide bonds. The maximum absolute atomic E-state index is 9.31. The van der Waals surface area contributed by atoms with Gasteiger partial charge in [-0.05, 0) is 0 Å². The predicted octanol–water partition coefficient (Wildman–Crippen LogP) is -0.479. The second-order valence-corrected chi connectivity index (χ2v) is 5.90. The Balaban J connectivity index is 2.19. The summed E-state index contributed by atoms with van der Waals surface area (Å²) in [5.74, 6) is 0.359. The van der Waals surface area contributed by atoms with E-state index in [-0.39, 0.29) is 21.2 Å². The van der Waals surface area contributed by atoms with E-state index in [0.717, 1.165) is 0 Å². The van der Waals surface area contributed by atoms with Gasteiger partial charge in [0.1, 0.15) is 0 Å². The van der Waals surface area contributed by atoms with Crippen LogP contribution in [-0.4, -0.2) is 5.11 Å². The van der Waals surface area contributed by atoms with Crippen molar-refractivity contribution < 1.29 is 26.3 Å². The number of hydrogen-bond acceptors (Lipinski definition) is 1. The molecule has 1 nitrogen and oxygen atoms in total. The molecule has 14 heavy (non-hydrogen) atoms. The van der Waals surface area contributed by atoms with E-state index in [4.69, 9.17) is 0 Å². The van der Waals surface area contributed by atoms with Crippen LogP contribution in [0.15, 0.2) is 54.6 Å². The Bertz CT molecular complexity index is 412. The van der Waals surface area contributed by atoms with Crippen LogP contribution in [0.3, 0.4) is 0 Å². The summed E-state index contributed by atoms with van der Waals surface area (Å²) in [6, 6.07) is 17.9. The quantitative estimate of drug-likeness (QED) is 0.743. The van der Waals surface area contributed by atoms with Crippen molar-refractivity contribution in [2.45, 2.75) is 0 Å². The maximum atomic E-state index is 9.31. The van der Waals surface area contributed by atoms with Crippen LogP contribution in [0, 0.1) is 7.14 Å². The van der Waals surface area contributed by atoms with Gasteiger partial charge in [-0.3, -0.25) is 0 Å². The van der Waals surface area contributed by atoms with Gasteiger partial charge in [0.05, 0.1) is 0 Å². The van der Waals surface area contributed by atoms with E-state index in [0.29, 0.717) is 5.75 Å². The van der Waals surface area contributed by atoms with Gasteiger partial charge in [-0.25, -0.2) is 0 Å². The van der Waals surface area contributed by atoms with Gasteiger partial charge in [-0.2, -0.15) is 0 Å². The monoisotopic (exact) mass is 297 g/mol. The van der Waals surface area contributed by atoms with Crippen molar-refractivity contribution in [2.24, 2.45) is 0 Å². The molecular weight excluding hydrogens is 287 g/mol. The first-order valence-electron chi connectivity index (χ1n) is 4.33. The van der Waals surface area contributed by atoms with Crippen molar-refractivity contribution >= 4 is 0 Å². The van der Waals surface area contributed by atoms with Gasteiger partial charge in [-0.15, -0.1) is 0 Å². The molecule has 0 bridgehead atoms. The van der Waals surface area contributed by atoms with Crippen molar-refractivity contribution in [3.63, 3.8) is 0 Å². The number of phenolic OH excluding ortho intramolecular Hbond substituents is 1. The Labute approximate surface area is 93.7 Å². The molecule has 0 aliphatic carbocycles. The molecule has 2 heteroatoms. The number of benzene rings is 2. The zero-order chi connectivity index (χ0) is 9.80. The Morgan fingerprint density at radius 2 is 1.50 bits per heavy atom. The number of rotatable bonds is 2. The fourth-order valence-corrected chi connectivity index (χ4v) is 3.49. The molecule has 0 spiro atoms. The Morgan fingerprint density at radius 1 is 0.786 bits per heavy atom. The van der Waals surface area contributed by atoms with Crippen LogP contribution >= 0.6 is 0 Å². The zero-order valence-electron chi connectivity index (χ0n) is 7.52. The van der Waals surface area contributed by atoms with E-state index in [1.165, 1.54) is 7.14 Å². The van der Waals surface area contributed by atoms with Gasteiger partial charge in [0.25, 0.3) is 0 Å². The third kappa shape index (κ3) is 2.48. The molecule has 2 aromatic rings. The SMILES string of the molecule is Oc1cccc([I-]c2ccccc2)c1. The second kappa shape index (κ2) is 4.46. The summed E-state index contributed by atoms with van der Waals surface area (Å²) in [7, 11) is 0. The molecule has 0 heterocycles. The van der Waals surface area contributed by atoms with Gasteiger partial charge in [0.15, 0.2) is 0 Å². The van der Waals surface area contributed by atoms with Crippen LogP contribution in [0.5, 0.6) is 5.75 Å². The molecule has 0 aliphatic heterocycles. The molecule has 1 N–H and O–H groups in total. The average molecular weight is 297 g/mol. The summed E-state index contributed by atoms with van der Waals surface area (Å²) < 4.78 is 2.62. The first kappa shape index (κ1) is 9.52. The first-order valence-corrected chi connectivity index (χ1v) is 6.49. The van der Waals surface area contributed by atoms with Crippen LogP contribution < -0.4 is 21.2 Å². The minimum atomic E-state index is -0.148.